The zero-order chi connectivity index (χ0) is 15.3. The first-order valence-corrected chi connectivity index (χ1v) is 8.27. The van der Waals surface area contributed by atoms with Crippen LogP contribution in [-0.2, 0) is 14.0 Å². The number of nitrogens with zero attached hydrogens (tertiary/aromatic N) is 2. The van der Waals surface area contributed by atoms with Crippen LogP contribution in [0.3, 0.4) is 0 Å². The SMILES string of the molecule is Cc1sc(N2CCOCC2)nc1B1OC(C)(C)C(C)(C)O1. The van der Waals surface area contributed by atoms with Crippen LogP contribution in [0, 0.1) is 6.92 Å². The van der Waals surface area contributed by atoms with Crippen molar-refractivity contribution < 1.29 is 14.0 Å². The first kappa shape index (κ1) is 15.3. The highest BCUT2D eigenvalue weighted by Gasteiger charge is 2.53. The molecule has 116 valence electrons. The number of anilines is 1. The van der Waals surface area contributed by atoms with Crippen molar-refractivity contribution in [2.24, 2.45) is 0 Å². The maximum atomic E-state index is 6.11. The third-order valence-corrected chi connectivity index (χ3v) is 5.63. The van der Waals surface area contributed by atoms with Gasteiger partial charge < -0.3 is 18.9 Å². The zero-order valence-corrected chi connectivity index (χ0v) is 14.2. The summed E-state index contributed by atoms with van der Waals surface area (Å²) in [6, 6.07) is 0. The molecule has 0 aliphatic carbocycles. The second kappa shape index (κ2) is 5.23. The van der Waals surface area contributed by atoms with E-state index in [2.05, 4.69) is 39.5 Å². The van der Waals surface area contributed by atoms with Crippen LogP contribution in [0.4, 0.5) is 5.13 Å². The first-order chi connectivity index (χ1) is 9.80. The highest BCUT2D eigenvalue weighted by atomic mass is 32.1. The highest BCUT2D eigenvalue weighted by molar-refractivity contribution is 7.16. The van der Waals surface area contributed by atoms with E-state index in [1.807, 2.05) is 0 Å². The van der Waals surface area contributed by atoms with E-state index in [0.29, 0.717) is 0 Å². The first-order valence-electron chi connectivity index (χ1n) is 7.46. The van der Waals surface area contributed by atoms with Crippen LogP contribution in [0.15, 0.2) is 0 Å². The molecule has 3 heterocycles. The Balaban J connectivity index is 1.82. The van der Waals surface area contributed by atoms with E-state index in [-0.39, 0.29) is 18.3 Å². The Hall–Kier alpha value is -0.625. The summed E-state index contributed by atoms with van der Waals surface area (Å²) in [5, 5.41) is 1.04. The van der Waals surface area contributed by atoms with Gasteiger partial charge in [-0.05, 0) is 34.6 Å². The lowest BCUT2D eigenvalue weighted by Gasteiger charge is -2.32. The summed E-state index contributed by atoms with van der Waals surface area (Å²) in [6.45, 7) is 13.7. The average molecular weight is 310 g/mol. The van der Waals surface area contributed by atoms with Gasteiger partial charge in [0.1, 0.15) is 0 Å². The van der Waals surface area contributed by atoms with Gasteiger partial charge >= 0.3 is 7.12 Å². The maximum Gasteiger partial charge on any atom is 0.515 e. The number of rotatable bonds is 2. The Bertz CT molecular complexity index is 510. The van der Waals surface area contributed by atoms with Gasteiger partial charge in [0.05, 0.1) is 30.0 Å². The van der Waals surface area contributed by atoms with Crippen molar-refractivity contribution >= 4 is 29.2 Å². The van der Waals surface area contributed by atoms with Gasteiger partial charge in [-0.15, -0.1) is 11.3 Å². The van der Waals surface area contributed by atoms with Gasteiger partial charge in [0.2, 0.25) is 0 Å². The van der Waals surface area contributed by atoms with E-state index >= 15 is 0 Å². The van der Waals surface area contributed by atoms with Gasteiger partial charge in [0.15, 0.2) is 5.13 Å². The highest BCUT2D eigenvalue weighted by Crippen LogP contribution is 2.37. The van der Waals surface area contributed by atoms with Crippen molar-refractivity contribution in [2.45, 2.75) is 45.8 Å². The van der Waals surface area contributed by atoms with Gasteiger partial charge in [-0.25, -0.2) is 4.98 Å². The molecule has 1 aromatic rings. The lowest BCUT2D eigenvalue weighted by atomic mass is 9.84. The van der Waals surface area contributed by atoms with Crippen molar-refractivity contribution in [2.75, 3.05) is 31.2 Å². The number of morpholine rings is 1. The van der Waals surface area contributed by atoms with Crippen molar-refractivity contribution in [3.8, 4) is 0 Å². The predicted molar refractivity (Wildman–Crippen MR) is 85.6 cm³/mol. The average Bonchev–Trinajstić information content (AvgIpc) is 2.89. The molecular formula is C14H23BN2O3S. The van der Waals surface area contributed by atoms with Crippen molar-refractivity contribution in [3.05, 3.63) is 4.88 Å². The minimum absolute atomic E-state index is 0.327. The topological polar surface area (TPSA) is 43.8 Å². The van der Waals surface area contributed by atoms with Crippen molar-refractivity contribution in [1.82, 2.24) is 4.98 Å². The van der Waals surface area contributed by atoms with Gasteiger partial charge in [-0.2, -0.15) is 0 Å². The summed E-state index contributed by atoms with van der Waals surface area (Å²) in [5.74, 6) is 0. The molecule has 0 atom stereocenters. The van der Waals surface area contributed by atoms with Crippen LogP contribution in [-0.4, -0.2) is 49.6 Å². The lowest BCUT2D eigenvalue weighted by molar-refractivity contribution is 0.00578. The van der Waals surface area contributed by atoms with E-state index in [0.717, 1.165) is 41.9 Å². The number of hydrogen-bond acceptors (Lipinski definition) is 6. The number of thiazole rings is 1. The molecule has 2 fully saturated rings. The van der Waals surface area contributed by atoms with Crippen LogP contribution in [0.2, 0.25) is 0 Å². The number of aryl methyl sites for hydroxylation is 1. The molecule has 7 heteroatoms. The van der Waals surface area contributed by atoms with E-state index in [4.69, 9.17) is 19.0 Å². The van der Waals surface area contributed by atoms with Crippen LogP contribution in [0.5, 0.6) is 0 Å². The van der Waals surface area contributed by atoms with Gasteiger partial charge in [-0.3, -0.25) is 0 Å². The fourth-order valence-electron chi connectivity index (χ4n) is 2.46. The second-order valence-corrected chi connectivity index (χ2v) is 7.81. The Kier molecular flexibility index (Phi) is 3.80. The van der Waals surface area contributed by atoms with Gasteiger partial charge in [0, 0.05) is 18.0 Å². The molecule has 0 unspecified atom stereocenters. The fraction of sp³-hybridized carbons (Fsp3) is 0.786. The summed E-state index contributed by atoms with van der Waals surface area (Å²) in [6.07, 6.45) is 0. The molecule has 5 nitrogen and oxygen atoms in total. The predicted octanol–water partition coefficient (Wildman–Crippen LogP) is 1.59. The second-order valence-electron chi connectivity index (χ2n) is 6.63. The number of aromatic nitrogens is 1. The Morgan fingerprint density at radius 3 is 2.24 bits per heavy atom. The molecule has 0 bridgehead atoms. The third-order valence-electron chi connectivity index (χ3n) is 4.58. The maximum absolute atomic E-state index is 6.11. The molecule has 2 aliphatic heterocycles. The molecule has 0 spiro atoms. The van der Waals surface area contributed by atoms with Crippen LogP contribution >= 0.6 is 11.3 Å². The van der Waals surface area contributed by atoms with Crippen molar-refractivity contribution in [1.29, 1.82) is 0 Å². The summed E-state index contributed by atoms with van der Waals surface area (Å²) in [4.78, 5) is 8.22. The third kappa shape index (κ3) is 2.72. The zero-order valence-electron chi connectivity index (χ0n) is 13.4. The van der Waals surface area contributed by atoms with E-state index in [9.17, 15) is 0 Å². The molecule has 1 aromatic heterocycles. The van der Waals surface area contributed by atoms with E-state index in [1.54, 1.807) is 11.3 Å². The monoisotopic (exact) mass is 310 g/mol. The molecule has 2 aliphatic rings. The molecule has 0 N–H and O–H groups in total. The Labute approximate surface area is 130 Å². The molecule has 0 amide bonds. The van der Waals surface area contributed by atoms with Gasteiger partial charge in [0.25, 0.3) is 0 Å². The summed E-state index contributed by atoms with van der Waals surface area (Å²) >= 11 is 1.71. The van der Waals surface area contributed by atoms with Crippen LogP contribution in [0.25, 0.3) is 0 Å². The number of hydrogen-bond donors (Lipinski definition) is 0. The molecule has 2 saturated heterocycles. The fourth-order valence-corrected chi connectivity index (χ4v) is 3.43. The molecule has 0 radical (unpaired) electrons. The van der Waals surface area contributed by atoms with Crippen LogP contribution < -0.4 is 10.5 Å². The molecule has 21 heavy (non-hydrogen) atoms. The Morgan fingerprint density at radius 2 is 1.67 bits per heavy atom. The summed E-state index contributed by atoms with van der Waals surface area (Å²) in [7, 11) is -0.374. The smallest absolute Gasteiger partial charge is 0.398 e. The summed E-state index contributed by atoms with van der Waals surface area (Å²) in [5.41, 5.74) is 0.264. The molecule has 0 saturated carbocycles. The lowest BCUT2D eigenvalue weighted by Crippen LogP contribution is -2.41. The Morgan fingerprint density at radius 1 is 1.10 bits per heavy atom. The molecule has 3 rings (SSSR count). The van der Waals surface area contributed by atoms with Crippen LogP contribution in [0.1, 0.15) is 32.6 Å². The minimum atomic E-state index is -0.374. The standard InChI is InChI=1S/C14H23BN2O3S/c1-10-11(15-19-13(2,3)14(4,5)20-15)16-12(21-10)17-6-8-18-9-7-17/h6-9H2,1-5H3. The van der Waals surface area contributed by atoms with E-state index in [1.165, 1.54) is 0 Å². The summed E-state index contributed by atoms with van der Waals surface area (Å²) < 4.78 is 17.6. The quantitative estimate of drug-likeness (QED) is 0.776. The number of ether oxygens (including phenoxy) is 1. The van der Waals surface area contributed by atoms with E-state index < -0.39 is 0 Å². The molecular weight excluding hydrogens is 287 g/mol. The van der Waals surface area contributed by atoms with Gasteiger partial charge in [-0.1, -0.05) is 0 Å². The molecule has 0 aromatic carbocycles. The normalized spacial score (nSPS) is 24.6. The van der Waals surface area contributed by atoms with Crippen molar-refractivity contribution in [3.63, 3.8) is 0 Å². The minimum Gasteiger partial charge on any atom is -0.398 e. The largest absolute Gasteiger partial charge is 0.515 e.